The van der Waals surface area contributed by atoms with Gasteiger partial charge in [0.2, 0.25) is 0 Å². The Labute approximate surface area is 93.3 Å². The molecule has 3 nitrogen and oxygen atoms in total. The van der Waals surface area contributed by atoms with Gasteiger partial charge in [-0.05, 0) is 36.6 Å². The Morgan fingerprint density at radius 1 is 1.19 bits per heavy atom. The van der Waals surface area contributed by atoms with Gasteiger partial charge in [-0.3, -0.25) is 0 Å². The van der Waals surface area contributed by atoms with Crippen molar-refractivity contribution in [2.75, 3.05) is 0 Å². The quantitative estimate of drug-likeness (QED) is 0.788. The molecule has 0 saturated heterocycles. The van der Waals surface area contributed by atoms with E-state index in [1.54, 1.807) is 12.1 Å². The zero-order valence-corrected chi connectivity index (χ0v) is 9.41. The van der Waals surface area contributed by atoms with Crippen LogP contribution in [-0.2, 0) is 12.8 Å². The topological polar surface area (TPSA) is 50.4 Å². The summed E-state index contributed by atoms with van der Waals surface area (Å²) in [5.41, 5.74) is 1.96. The molecule has 2 aromatic rings. The molecule has 1 heterocycles. The van der Waals surface area contributed by atoms with Crippen LogP contribution in [0.4, 0.5) is 0 Å². The van der Waals surface area contributed by atoms with Gasteiger partial charge in [0.25, 0.3) is 0 Å². The van der Waals surface area contributed by atoms with Crippen LogP contribution >= 0.6 is 0 Å². The van der Waals surface area contributed by atoms with Crippen molar-refractivity contribution in [3.05, 3.63) is 39.7 Å². The molecule has 0 aliphatic heterocycles. The molecule has 0 fully saturated rings. The van der Waals surface area contributed by atoms with Gasteiger partial charge in [0, 0.05) is 10.9 Å². The standard InChI is InChI=1S/C13H14O3/c1-3-9-10(4-2)13(15)16-12-6-5-8(14)7-11(9)12/h5-7,14H,3-4H2,1-2H3. The van der Waals surface area contributed by atoms with E-state index in [2.05, 4.69) is 0 Å². The summed E-state index contributed by atoms with van der Waals surface area (Å²) in [5.74, 6) is 0.193. The average Bonchev–Trinajstić information content (AvgIpc) is 2.28. The maximum atomic E-state index is 11.7. The minimum absolute atomic E-state index is 0.193. The Morgan fingerprint density at radius 3 is 2.50 bits per heavy atom. The predicted octanol–water partition coefficient (Wildman–Crippen LogP) is 2.62. The normalized spacial score (nSPS) is 10.9. The second kappa shape index (κ2) is 4.00. The Hall–Kier alpha value is -1.77. The first-order chi connectivity index (χ1) is 7.67. The molecule has 1 aromatic heterocycles. The number of rotatable bonds is 2. The van der Waals surface area contributed by atoms with E-state index < -0.39 is 0 Å². The summed E-state index contributed by atoms with van der Waals surface area (Å²) in [6.07, 6.45) is 1.41. The molecule has 2 rings (SSSR count). The first-order valence-corrected chi connectivity index (χ1v) is 5.45. The number of hydrogen-bond donors (Lipinski definition) is 1. The Balaban J connectivity index is 2.92. The lowest BCUT2D eigenvalue weighted by atomic mass is 10.0. The third-order valence-corrected chi connectivity index (χ3v) is 2.81. The van der Waals surface area contributed by atoms with E-state index in [9.17, 15) is 9.90 Å². The fourth-order valence-corrected chi connectivity index (χ4v) is 2.05. The molecule has 0 saturated carbocycles. The number of benzene rings is 1. The second-order valence-electron chi connectivity index (χ2n) is 3.73. The van der Waals surface area contributed by atoms with Gasteiger partial charge in [-0.25, -0.2) is 4.79 Å². The van der Waals surface area contributed by atoms with Gasteiger partial charge in [-0.15, -0.1) is 0 Å². The van der Waals surface area contributed by atoms with E-state index in [-0.39, 0.29) is 11.4 Å². The van der Waals surface area contributed by atoms with Crippen LogP contribution in [0.3, 0.4) is 0 Å². The summed E-state index contributed by atoms with van der Waals surface area (Å²) in [6, 6.07) is 4.80. The molecule has 0 spiro atoms. The van der Waals surface area contributed by atoms with E-state index in [0.717, 1.165) is 17.4 Å². The van der Waals surface area contributed by atoms with Gasteiger partial charge in [-0.1, -0.05) is 13.8 Å². The van der Waals surface area contributed by atoms with Crippen LogP contribution in [0.15, 0.2) is 27.4 Å². The van der Waals surface area contributed by atoms with Gasteiger partial charge >= 0.3 is 5.63 Å². The number of phenolic OH excluding ortho intramolecular Hbond substituents is 1. The largest absolute Gasteiger partial charge is 0.508 e. The summed E-state index contributed by atoms with van der Waals surface area (Å²) in [5, 5.41) is 10.3. The second-order valence-corrected chi connectivity index (χ2v) is 3.73. The smallest absolute Gasteiger partial charge is 0.339 e. The van der Waals surface area contributed by atoms with E-state index in [1.165, 1.54) is 6.07 Å². The summed E-state index contributed by atoms with van der Waals surface area (Å²) in [7, 11) is 0. The SMILES string of the molecule is CCc1c(CC)c2cc(O)ccc2oc1=O. The lowest BCUT2D eigenvalue weighted by molar-refractivity contribution is 0.475. The first-order valence-electron chi connectivity index (χ1n) is 5.45. The molecule has 0 radical (unpaired) electrons. The molecule has 16 heavy (non-hydrogen) atoms. The van der Waals surface area contributed by atoms with Gasteiger partial charge in [0.1, 0.15) is 11.3 Å². The van der Waals surface area contributed by atoms with Crippen molar-refractivity contribution in [1.82, 2.24) is 0 Å². The minimum Gasteiger partial charge on any atom is -0.508 e. The molecule has 0 bridgehead atoms. The summed E-state index contributed by atoms with van der Waals surface area (Å²) in [4.78, 5) is 11.7. The lowest BCUT2D eigenvalue weighted by Gasteiger charge is -2.08. The van der Waals surface area contributed by atoms with Crippen LogP contribution in [0.1, 0.15) is 25.0 Å². The molecule has 0 aliphatic rings. The van der Waals surface area contributed by atoms with Crippen molar-refractivity contribution in [3.8, 4) is 5.75 Å². The van der Waals surface area contributed by atoms with Crippen molar-refractivity contribution < 1.29 is 9.52 Å². The third kappa shape index (κ3) is 1.58. The molecule has 0 atom stereocenters. The molecular formula is C13H14O3. The van der Waals surface area contributed by atoms with Crippen molar-refractivity contribution in [2.45, 2.75) is 26.7 Å². The molecule has 1 aromatic carbocycles. The van der Waals surface area contributed by atoms with Crippen LogP contribution in [0, 0.1) is 0 Å². The van der Waals surface area contributed by atoms with Crippen molar-refractivity contribution in [2.24, 2.45) is 0 Å². The summed E-state index contributed by atoms with van der Waals surface area (Å²) < 4.78 is 5.21. The maximum Gasteiger partial charge on any atom is 0.339 e. The van der Waals surface area contributed by atoms with Crippen LogP contribution in [0.2, 0.25) is 0 Å². The van der Waals surface area contributed by atoms with Crippen molar-refractivity contribution in [3.63, 3.8) is 0 Å². The average molecular weight is 218 g/mol. The molecular weight excluding hydrogens is 204 g/mol. The molecule has 84 valence electrons. The highest BCUT2D eigenvalue weighted by atomic mass is 16.4. The third-order valence-electron chi connectivity index (χ3n) is 2.81. The highest BCUT2D eigenvalue weighted by molar-refractivity contribution is 5.82. The van der Waals surface area contributed by atoms with E-state index in [1.807, 2.05) is 13.8 Å². The molecule has 0 amide bonds. The first kappa shape index (κ1) is 10.7. The van der Waals surface area contributed by atoms with Crippen molar-refractivity contribution >= 4 is 11.0 Å². The molecule has 0 aliphatic carbocycles. The van der Waals surface area contributed by atoms with Gasteiger partial charge in [-0.2, -0.15) is 0 Å². The van der Waals surface area contributed by atoms with Gasteiger partial charge in [0.05, 0.1) is 0 Å². The van der Waals surface area contributed by atoms with Gasteiger partial charge in [0.15, 0.2) is 0 Å². The van der Waals surface area contributed by atoms with Crippen molar-refractivity contribution in [1.29, 1.82) is 0 Å². The fraction of sp³-hybridized carbons (Fsp3) is 0.308. The van der Waals surface area contributed by atoms with Gasteiger partial charge < -0.3 is 9.52 Å². The summed E-state index contributed by atoms with van der Waals surface area (Å²) >= 11 is 0. The molecule has 3 heteroatoms. The fourth-order valence-electron chi connectivity index (χ4n) is 2.05. The minimum atomic E-state index is -0.266. The lowest BCUT2D eigenvalue weighted by Crippen LogP contribution is -2.10. The molecule has 1 N–H and O–H groups in total. The predicted molar refractivity (Wildman–Crippen MR) is 62.9 cm³/mol. The van der Waals surface area contributed by atoms with E-state index >= 15 is 0 Å². The van der Waals surface area contributed by atoms with E-state index in [4.69, 9.17) is 4.42 Å². The Bertz CT molecular complexity index is 581. The van der Waals surface area contributed by atoms with Crippen LogP contribution in [-0.4, -0.2) is 5.11 Å². The Kier molecular flexibility index (Phi) is 2.69. The number of aromatic hydroxyl groups is 1. The highest BCUT2D eigenvalue weighted by Gasteiger charge is 2.11. The number of aryl methyl sites for hydroxylation is 1. The van der Waals surface area contributed by atoms with Crippen LogP contribution in [0.5, 0.6) is 5.75 Å². The van der Waals surface area contributed by atoms with Crippen LogP contribution < -0.4 is 5.63 Å². The summed E-state index contributed by atoms with van der Waals surface area (Å²) in [6.45, 7) is 3.93. The van der Waals surface area contributed by atoms with E-state index in [0.29, 0.717) is 17.6 Å². The monoisotopic (exact) mass is 218 g/mol. The van der Waals surface area contributed by atoms with Crippen LogP contribution in [0.25, 0.3) is 11.0 Å². The zero-order valence-electron chi connectivity index (χ0n) is 9.41. The number of phenols is 1. The number of fused-ring (bicyclic) bond motifs is 1. The Morgan fingerprint density at radius 2 is 1.88 bits per heavy atom. The molecule has 0 unspecified atom stereocenters. The zero-order chi connectivity index (χ0) is 11.7. The number of hydrogen-bond acceptors (Lipinski definition) is 3. The highest BCUT2D eigenvalue weighted by Crippen LogP contribution is 2.24. The maximum absolute atomic E-state index is 11.7.